The minimum absolute atomic E-state index is 0.0136. The highest BCUT2D eigenvalue weighted by atomic mass is 19.4. The Kier molecular flexibility index (Phi) is 5.79. The van der Waals surface area contributed by atoms with Crippen LogP contribution in [0, 0.1) is 0 Å². The van der Waals surface area contributed by atoms with Crippen LogP contribution in [0.4, 0.5) is 24.9 Å². The molecule has 160 valence electrons. The molecule has 1 unspecified atom stereocenters. The molecular weight excluding hydrogens is 409 g/mol. The molecule has 0 aromatic carbocycles. The van der Waals surface area contributed by atoms with E-state index in [2.05, 4.69) is 25.3 Å². The quantitative estimate of drug-likeness (QED) is 0.663. The molecular formula is C21H19F3N6O. The smallest absolute Gasteiger partial charge is 0.330 e. The molecule has 0 spiro atoms. The zero-order chi connectivity index (χ0) is 21.8. The van der Waals surface area contributed by atoms with Crippen LogP contribution in [0.1, 0.15) is 46.9 Å². The van der Waals surface area contributed by atoms with E-state index in [0.717, 1.165) is 37.6 Å². The number of halogens is 3. The van der Waals surface area contributed by atoms with E-state index in [0.29, 0.717) is 17.8 Å². The predicted molar refractivity (Wildman–Crippen MR) is 106 cm³/mol. The summed E-state index contributed by atoms with van der Waals surface area (Å²) < 4.78 is 38.8. The van der Waals surface area contributed by atoms with E-state index in [9.17, 15) is 18.0 Å². The van der Waals surface area contributed by atoms with Gasteiger partial charge in [-0.1, -0.05) is 0 Å². The monoisotopic (exact) mass is 428 g/mol. The van der Waals surface area contributed by atoms with Gasteiger partial charge in [0.15, 0.2) is 0 Å². The maximum atomic E-state index is 13.0. The molecule has 1 N–H and O–H groups in total. The third kappa shape index (κ3) is 4.79. The third-order valence-corrected chi connectivity index (χ3v) is 5.04. The summed E-state index contributed by atoms with van der Waals surface area (Å²) in [5, 5.41) is 2.73. The van der Waals surface area contributed by atoms with Gasteiger partial charge in [-0.3, -0.25) is 9.78 Å². The molecule has 7 nitrogen and oxygen atoms in total. The van der Waals surface area contributed by atoms with Crippen LogP contribution in [0.25, 0.3) is 0 Å². The summed E-state index contributed by atoms with van der Waals surface area (Å²) in [5.41, 5.74) is 0.344. The van der Waals surface area contributed by atoms with E-state index in [4.69, 9.17) is 0 Å². The minimum Gasteiger partial charge on any atom is -0.330 e. The van der Waals surface area contributed by atoms with Gasteiger partial charge in [0.25, 0.3) is 5.91 Å². The first-order valence-electron chi connectivity index (χ1n) is 9.76. The summed E-state index contributed by atoms with van der Waals surface area (Å²) >= 11 is 0. The van der Waals surface area contributed by atoms with Gasteiger partial charge in [-0.15, -0.1) is 0 Å². The molecule has 31 heavy (non-hydrogen) atoms. The summed E-state index contributed by atoms with van der Waals surface area (Å²) in [7, 11) is 0. The maximum Gasteiger partial charge on any atom is 0.416 e. The first kappa shape index (κ1) is 20.7. The number of piperidine rings is 1. The van der Waals surface area contributed by atoms with Crippen molar-refractivity contribution in [2.45, 2.75) is 31.5 Å². The number of hydrogen-bond acceptors (Lipinski definition) is 6. The van der Waals surface area contributed by atoms with Crippen molar-refractivity contribution in [1.29, 1.82) is 0 Å². The fourth-order valence-corrected chi connectivity index (χ4v) is 3.55. The van der Waals surface area contributed by atoms with E-state index in [1.807, 2.05) is 0 Å². The van der Waals surface area contributed by atoms with Crippen molar-refractivity contribution < 1.29 is 18.0 Å². The highest BCUT2D eigenvalue weighted by Crippen LogP contribution is 2.32. The number of rotatable bonds is 4. The van der Waals surface area contributed by atoms with E-state index in [1.54, 1.807) is 35.5 Å². The molecule has 1 fully saturated rings. The highest BCUT2D eigenvalue weighted by Gasteiger charge is 2.31. The first-order valence-corrected chi connectivity index (χ1v) is 9.76. The predicted octanol–water partition coefficient (Wildman–Crippen LogP) is 4.40. The van der Waals surface area contributed by atoms with Gasteiger partial charge in [0.2, 0.25) is 5.95 Å². The maximum absolute atomic E-state index is 13.0. The van der Waals surface area contributed by atoms with Crippen LogP contribution >= 0.6 is 0 Å². The molecule has 1 saturated heterocycles. The van der Waals surface area contributed by atoms with Gasteiger partial charge in [0.05, 0.1) is 17.3 Å². The number of amides is 1. The van der Waals surface area contributed by atoms with Crippen molar-refractivity contribution in [3.05, 3.63) is 71.9 Å². The van der Waals surface area contributed by atoms with E-state index in [1.165, 1.54) is 6.20 Å². The minimum atomic E-state index is -4.47. The van der Waals surface area contributed by atoms with Crippen molar-refractivity contribution in [3.63, 3.8) is 0 Å². The number of pyridine rings is 2. The molecule has 0 saturated carbocycles. The van der Waals surface area contributed by atoms with Gasteiger partial charge in [-0.25, -0.2) is 15.0 Å². The zero-order valence-electron chi connectivity index (χ0n) is 16.4. The number of alkyl halides is 3. The van der Waals surface area contributed by atoms with Gasteiger partial charge in [0, 0.05) is 36.9 Å². The van der Waals surface area contributed by atoms with E-state index >= 15 is 0 Å². The lowest BCUT2D eigenvalue weighted by Crippen LogP contribution is -2.39. The summed E-state index contributed by atoms with van der Waals surface area (Å²) in [6, 6.07) is 6.59. The average Bonchev–Trinajstić information content (AvgIpc) is 2.79. The zero-order valence-corrected chi connectivity index (χ0v) is 16.4. The van der Waals surface area contributed by atoms with Gasteiger partial charge in [-0.2, -0.15) is 13.2 Å². The summed E-state index contributed by atoms with van der Waals surface area (Å²) in [6.45, 7) is 0.591. The number of nitrogens with one attached hydrogen (secondary N) is 1. The Morgan fingerprint density at radius 2 is 1.81 bits per heavy atom. The number of likely N-dealkylation sites (tertiary alicyclic amines) is 1. The molecule has 3 aromatic heterocycles. The lowest BCUT2D eigenvalue weighted by atomic mass is 9.98. The fraction of sp³-hybridized carbons (Fsp3) is 0.286. The summed E-state index contributed by atoms with van der Waals surface area (Å²) in [4.78, 5) is 31.2. The Morgan fingerprint density at radius 3 is 2.58 bits per heavy atom. The normalized spacial score (nSPS) is 16.7. The number of carbonyl (C=O) groups excluding carboxylic acids is 1. The van der Waals surface area contributed by atoms with Crippen LogP contribution in [-0.4, -0.2) is 37.3 Å². The van der Waals surface area contributed by atoms with Crippen LogP contribution in [0.3, 0.4) is 0 Å². The molecule has 10 heteroatoms. The molecule has 0 bridgehead atoms. The molecule has 1 aliphatic heterocycles. The average molecular weight is 428 g/mol. The number of anilines is 2. The first-order chi connectivity index (χ1) is 14.9. The third-order valence-electron chi connectivity index (χ3n) is 5.04. The molecule has 4 heterocycles. The number of aromatic nitrogens is 4. The highest BCUT2D eigenvalue weighted by molar-refractivity contribution is 5.94. The molecule has 4 rings (SSSR count). The van der Waals surface area contributed by atoms with Crippen LogP contribution in [0.5, 0.6) is 0 Å². The Labute approximate surface area is 176 Å². The molecule has 3 aromatic rings. The second kappa shape index (κ2) is 8.66. The summed E-state index contributed by atoms with van der Waals surface area (Å²) in [6.07, 6.45) is 3.81. The lowest BCUT2D eigenvalue weighted by Gasteiger charge is -2.35. The molecule has 0 aliphatic carbocycles. The molecule has 0 radical (unpaired) electrons. The molecule has 1 amide bonds. The standard InChI is InChI=1S/C21H19F3N6O/c22-21(23,24)15-6-10-26-18(13-15)29-20-27-11-7-16(28-20)17-3-1-2-12-30(17)19(31)14-4-8-25-9-5-14/h4-11,13,17H,1-3,12H2,(H,26,27,28,29). The topological polar surface area (TPSA) is 83.9 Å². The Bertz CT molecular complexity index is 1060. The van der Waals surface area contributed by atoms with Crippen LogP contribution in [0.15, 0.2) is 55.1 Å². The fourth-order valence-electron chi connectivity index (χ4n) is 3.55. The molecule has 1 aliphatic rings. The van der Waals surface area contributed by atoms with Gasteiger partial charge < -0.3 is 10.2 Å². The number of carbonyl (C=O) groups is 1. The van der Waals surface area contributed by atoms with Crippen LogP contribution in [0.2, 0.25) is 0 Å². The van der Waals surface area contributed by atoms with Gasteiger partial charge in [0.1, 0.15) is 5.82 Å². The van der Waals surface area contributed by atoms with Crippen molar-refractivity contribution in [2.75, 3.05) is 11.9 Å². The van der Waals surface area contributed by atoms with Gasteiger partial charge in [-0.05, 0) is 49.6 Å². The van der Waals surface area contributed by atoms with Crippen molar-refractivity contribution >= 4 is 17.7 Å². The van der Waals surface area contributed by atoms with Crippen molar-refractivity contribution in [2.24, 2.45) is 0 Å². The Balaban J connectivity index is 1.57. The largest absolute Gasteiger partial charge is 0.416 e. The number of hydrogen-bond donors (Lipinski definition) is 1. The van der Waals surface area contributed by atoms with Crippen molar-refractivity contribution in [1.82, 2.24) is 24.8 Å². The Morgan fingerprint density at radius 1 is 1.03 bits per heavy atom. The second-order valence-electron chi connectivity index (χ2n) is 7.10. The lowest BCUT2D eigenvalue weighted by molar-refractivity contribution is -0.137. The number of nitrogens with zero attached hydrogens (tertiary/aromatic N) is 5. The van der Waals surface area contributed by atoms with Crippen LogP contribution < -0.4 is 5.32 Å². The summed E-state index contributed by atoms with van der Waals surface area (Å²) in [5.74, 6) is -0.00804. The Hall–Kier alpha value is -3.56. The van der Waals surface area contributed by atoms with Crippen molar-refractivity contribution in [3.8, 4) is 0 Å². The molecule has 1 atom stereocenters. The van der Waals surface area contributed by atoms with E-state index in [-0.39, 0.29) is 23.7 Å². The second-order valence-corrected chi connectivity index (χ2v) is 7.10. The van der Waals surface area contributed by atoms with Gasteiger partial charge >= 0.3 is 6.18 Å². The van der Waals surface area contributed by atoms with E-state index < -0.39 is 11.7 Å². The SMILES string of the molecule is O=C(c1ccncc1)N1CCCCC1c1ccnc(Nc2cc(C(F)(F)F)ccn2)n1. The van der Waals surface area contributed by atoms with Crippen LogP contribution in [-0.2, 0) is 6.18 Å².